The highest BCUT2D eigenvalue weighted by atomic mass is 19.1. The fraction of sp³-hybridized carbons (Fsp3) is 0.375. The zero-order valence-corrected chi connectivity index (χ0v) is 11.5. The number of ether oxygens (including phenoxy) is 1. The van der Waals surface area contributed by atoms with Crippen LogP contribution in [0, 0.1) is 12.7 Å². The van der Waals surface area contributed by atoms with Crippen molar-refractivity contribution in [2.24, 2.45) is 0 Å². The molecule has 0 radical (unpaired) electrons. The largest absolute Gasteiger partial charge is 0.486 e. The summed E-state index contributed by atoms with van der Waals surface area (Å²) in [5, 5.41) is 3.39. The third kappa shape index (κ3) is 3.39. The molecule has 1 aromatic heterocycles. The first-order chi connectivity index (χ1) is 9.70. The number of halogens is 1. The van der Waals surface area contributed by atoms with E-state index in [1.54, 1.807) is 19.1 Å². The van der Waals surface area contributed by atoms with E-state index in [1.165, 1.54) is 18.9 Å². The number of aryl methyl sites for hydroxylation is 1. The molecule has 0 bridgehead atoms. The van der Waals surface area contributed by atoms with Crippen molar-refractivity contribution in [2.45, 2.75) is 39.0 Å². The lowest BCUT2D eigenvalue weighted by Gasteiger charge is -2.05. The Labute approximate surface area is 117 Å². The lowest BCUT2D eigenvalue weighted by Crippen LogP contribution is -2.14. The second-order valence-corrected chi connectivity index (χ2v) is 5.22. The van der Waals surface area contributed by atoms with E-state index < -0.39 is 0 Å². The van der Waals surface area contributed by atoms with Crippen molar-refractivity contribution in [3.63, 3.8) is 0 Å². The maximum Gasteiger partial charge on any atom is 0.146 e. The Morgan fingerprint density at radius 1 is 1.25 bits per heavy atom. The third-order valence-electron chi connectivity index (χ3n) is 3.38. The van der Waals surface area contributed by atoms with E-state index in [0.29, 0.717) is 24.0 Å². The molecule has 3 nitrogen and oxygen atoms in total. The van der Waals surface area contributed by atoms with Crippen LogP contribution in [0.3, 0.4) is 0 Å². The van der Waals surface area contributed by atoms with Crippen LogP contribution in [-0.4, -0.2) is 6.04 Å². The van der Waals surface area contributed by atoms with Gasteiger partial charge in [-0.15, -0.1) is 0 Å². The van der Waals surface area contributed by atoms with Crippen LogP contribution in [0.5, 0.6) is 5.75 Å². The molecule has 0 atom stereocenters. The molecule has 0 unspecified atom stereocenters. The third-order valence-corrected chi connectivity index (χ3v) is 3.38. The van der Waals surface area contributed by atoms with Crippen LogP contribution in [0.25, 0.3) is 0 Å². The van der Waals surface area contributed by atoms with Crippen LogP contribution in [0.1, 0.15) is 29.9 Å². The zero-order valence-electron chi connectivity index (χ0n) is 11.5. The van der Waals surface area contributed by atoms with Gasteiger partial charge >= 0.3 is 0 Å². The SMILES string of the molecule is Cc1ccc(OCc2ccc(CNC3CC3)o2)cc1F. The molecular weight excluding hydrogens is 257 g/mol. The van der Waals surface area contributed by atoms with Crippen LogP contribution < -0.4 is 10.1 Å². The summed E-state index contributed by atoms with van der Waals surface area (Å²) in [6.07, 6.45) is 2.52. The second kappa shape index (κ2) is 5.67. The predicted octanol–water partition coefficient (Wildman–Crippen LogP) is 3.56. The molecule has 2 aromatic rings. The molecule has 1 aliphatic carbocycles. The Morgan fingerprint density at radius 3 is 2.80 bits per heavy atom. The summed E-state index contributed by atoms with van der Waals surface area (Å²) in [5.74, 6) is 1.92. The summed E-state index contributed by atoms with van der Waals surface area (Å²) in [6.45, 7) is 2.79. The minimum atomic E-state index is -0.253. The normalized spacial score (nSPS) is 14.5. The van der Waals surface area contributed by atoms with Gasteiger partial charge in [0.25, 0.3) is 0 Å². The van der Waals surface area contributed by atoms with Crippen molar-refractivity contribution in [3.8, 4) is 5.75 Å². The maximum atomic E-state index is 13.4. The highest BCUT2D eigenvalue weighted by Crippen LogP contribution is 2.20. The van der Waals surface area contributed by atoms with Crippen LogP contribution in [0.4, 0.5) is 4.39 Å². The molecule has 20 heavy (non-hydrogen) atoms. The fourth-order valence-electron chi connectivity index (χ4n) is 1.95. The van der Waals surface area contributed by atoms with Gasteiger partial charge in [0, 0.05) is 12.1 Å². The van der Waals surface area contributed by atoms with E-state index in [1.807, 2.05) is 12.1 Å². The average Bonchev–Trinajstić information content (AvgIpc) is 3.16. The van der Waals surface area contributed by atoms with Gasteiger partial charge in [0.15, 0.2) is 0 Å². The Kier molecular flexibility index (Phi) is 3.74. The van der Waals surface area contributed by atoms with Crippen molar-refractivity contribution in [1.29, 1.82) is 0 Å². The first-order valence-electron chi connectivity index (χ1n) is 6.90. The number of benzene rings is 1. The van der Waals surface area contributed by atoms with E-state index in [-0.39, 0.29) is 5.82 Å². The zero-order chi connectivity index (χ0) is 13.9. The van der Waals surface area contributed by atoms with E-state index in [4.69, 9.17) is 9.15 Å². The van der Waals surface area contributed by atoms with Crippen LogP contribution in [-0.2, 0) is 13.2 Å². The molecule has 4 heteroatoms. The van der Waals surface area contributed by atoms with Crippen LogP contribution >= 0.6 is 0 Å². The smallest absolute Gasteiger partial charge is 0.146 e. The molecule has 1 aromatic carbocycles. The number of nitrogens with one attached hydrogen (secondary N) is 1. The van der Waals surface area contributed by atoms with Crippen molar-refractivity contribution in [2.75, 3.05) is 0 Å². The Balaban J connectivity index is 1.53. The molecular formula is C16H18FNO2. The average molecular weight is 275 g/mol. The quantitative estimate of drug-likeness (QED) is 0.875. The molecule has 0 saturated heterocycles. The maximum absolute atomic E-state index is 13.4. The van der Waals surface area contributed by atoms with E-state index >= 15 is 0 Å². The lowest BCUT2D eigenvalue weighted by atomic mass is 10.2. The molecule has 3 rings (SSSR count). The van der Waals surface area contributed by atoms with E-state index in [0.717, 1.165) is 18.1 Å². The number of rotatable bonds is 6. The van der Waals surface area contributed by atoms with Crippen LogP contribution in [0.15, 0.2) is 34.7 Å². The molecule has 0 aliphatic heterocycles. The molecule has 0 spiro atoms. The minimum Gasteiger partial charge on any atom is -0.486 e. The number of furan rings is 1. The first-order valence-corrected chi connectivity index (χ1v) is 6.90. The van der Waals surface area contributed by atoms with Gasteiger partial charge in [-0.2, -0.15) is 0 Å². The molecule has 1 heterocycles. The van der Waals surface area contributed by atoms with Crippen LogP contribution in [0.2, 0.25) is 0 Å². The fourth-order valence-corrected chi connectivity index (χ4v) is 1.95. The summed E-state index contributed by atoms with van der Waals surface area (Å²) in [5.41, 5.74) is 0.615. The van der Waals surface area contributed by atoms with Gasteiger partial charge in [0.2, 0.25) is 0 Å². The van der Waals surface area contributed by atoms with Gasteiger partial charge in [-0.05, 0) is 43.5 Å². The van der Waals surface area contributed by atoms with Gasteiger partial charge in [-0.25, -0.2) is 4.39 Å². The monoisotopic (exact) mass is 275 g/mol. The highest BCUT2D eigenvalue weighted by molar-refractivity contribution is 5.28. The van der Waals surface area contributed by atoms with Gasteiger partial charge in [0.1, 0.15) is 29.7 Å². The lowest BCUT2D eigenvalue weighted by molar-refractivity contribution is 0.264. The van der Waals surface area contributed by atoms with Gasteiger partial charge in [-0.3, -0.25) is 0 Å². The van der Waals surface area contributed by atoms with Crippen molar-refractivity contribution in [1.82, 2.24) is 5.32 Å². The van der Waals surface area contributed by atoms with Gasteiger partial charge in [-0.1, -0.05) is 6.07 Å². The number of hydrogen-bond donors (Lipinski definition) is 1. The molecule has 1 saturated carbocycles. The number of hydrogen-bond acceptors (Lipinski definition) is 3. The standard InChI is InChI=1S/C16H18FNO2/c1-11-2-5-13(8-16(11)17)19-10-15-7-6-14(20-15)9-18-12-3-4-12/h2,5-8,12,18H,3-4,9-10H2,1H3. The van der Waals surface area contributed by atoms with Crippen molar-refractivity contribution in [3.05, 3.63) is 53.2 Å². The Hall–Kier alpha value is -1.81. The molecule has 1 N–H and O–H groups in total. The Morgan fingerprint density at radius 2 is 2.05 bits per heavy atom. The topological polar surface area (TPSA) is 34.4 Å². The Bertz CT molecular complexity index is 590. The summed E-state index contributed by atoms with van der Waals surface area (Å²) < 4.78 is 24.6. The summed E-state index contributed by atoms with van der Waals surface area (Å²) in [6, 6.07) is 9.37. The first kappa shape index (κ1) is 13.2. The molecule has 0 amide bonds. The summed E-state index contributed by atoms with van der Waals surface area (Å²) in [7, 11) is 0. The van der Waals surface area contributed by atoms with Gasteiger partial charge < -0.3 is 14.5 Å². The van der Waals surface area contributed by atoms with E-state index in [2.05, 4.69) is 5.32 Å². The predicted molar refractivity (Wildman–Crippen MR) is 74.0 cm³/mol. The van der Waals surface area contributed by atoms with Gasteiger partial charge in [0.05, 0.1) is 6.54 Å². The van der Waals surface area contributed by atoms with Crippen molar-refractivity contribution < 1.29 is 13.5 Å². The molecule has 1 aliphatic rings. The molecule has 106 valence electrons. The van der Waals surface area contributed by atoms with E-state index in [9.17, 15) is 4.39 Å². The summed E-state index contributed by atoms with van der Waals surface area (Å²) in [4.78, 5) is 0. The molecule has 1 fully saturated rings. The second-order valence-electron chi connectivity index (χ2n) is 5.22. The minimum absolute atomic E-state index is 0.253. The van der Waals surface area contributed by atoms with Crippen molar-refractivity contribution >= 4 is 0 Å². The summed E-state index contributed by atoms with van der Waals surface area (Å²) >= 11 is 0. The highest BCUT2D eigenvalue weighted by Gasteiger charge is 2.20.